The molecule has 0 saturated heterocycles. The van der Waals surface area contributed by atoms with Crippen molar-refractivity contribution in [3.05, 3.63) is 83.6 Å². The van der Waals surface area contributed by atoms with Gasteiger partial charge in [-0.15, -0.1) is 0 Å². The molecule has 1 aliphatic rings. The first-order chi connectivity index (χ1) is 11.3. The zero-order valence-corrected chi connectivity index (χ0v) is 12.5. The van der Waals surface area contributed by atoms with Gasteiger partial charge in [0.15, 0.2) is 0 Å². The highest BCUT2D eigenvalue weighted by atomic mass is 19.1. The largest absolute Gasteiger partial charge is 0.367 e. The van der Waals surface area contributed by atoms with Crippen molar-refractivity contribution in [3.8, 4) is 11.4 Å². The van der Waals surface area contributed by atoms with Crippen molar-refractivity contribution < 1.29 is 4.39 Å². The second-order valence-corrected chi connectivity index (χ2v) is 5.66. The van der Waals surface area contributed by atoms with E-state index in [4.69, 9.17) is 4.98 Å². The van der Waals surface area contributed by atoms with E-state index < -0.39 is 0 Å². The lowest BCUT2D eigenvalue weighted by Gasteiger charge is -2.22. The standard InChI is InChI=1S/C19H16FN3/c20-16-8-4-5-14(11-16)12-23-10-9-17-18(13-23)22-19(21-17)15-6-2-1-3-7-15/h1-11H,12-13H2,(H,21,22). The van der Waals surface area contributed by atoms with Gasteiger partial charge in [-0.2, -0.15) is 0 Å². The molecule has 0 atom stereocenters. The highest BCUT2D eigenvalue weighted by Crippen LogP contribution is 2.24. The summed E-state index contributed by atoms with van der Waals surface area (Å²) in [6, 6.07) is 16.8. The van der Waals surface area contributed by atoms with Gasteiger partial charge in [0, 0.05) is 18.3 Å². The topological polar surface area (TPSA) is 31.9 Å². The van der Waals surface area contributed by atoms with Crippen LogP contribution < -0.4 is 0 Å². The lowest BCUT2D eigenvalue weighted by molar-refractivity contribution is 0.355. The molecule has 2 heterocycles. The molecule has 0 amide bonds. The average Bonchev–Trinajstić information content (AvgIpc) is 2.99. The van der Waals surface area contributed by atoms with Crippen molar-refractivity contribution in [2.75, 3.05) is 0 Å². The van der Waals surface area contributed by atoms with Crippen molar-refractivity contribution in [2.24, 2.45) is 0 Å². The summed E-state index contributed by atoms with van der Waals surface area (Å²) < 4.78 is 13.3. The SMILES string of the molecule is Fc1cccc(CN2C=Cc3[nH]c(-c4ccccc4)nc3C2)c1. The number of rotatable bonds is 3. The van der Waals surface area contributed by atoms with Crippen LogP contribution in [0, 0.1) is 5.82 Å². The fourth-order valence-electron chi connectivity index (χ4n) is 2.82. The maximum atomic E-state index is 13.3. The van der Waals surface area contributed by atoms with Crippen LogP contribution in [0.5, 0.6) is 0 Å². The van der Waals surface area contributed by atoms with Crippen LogP contribution in [0.1, 0.15) is 17.0 Å². The van der Waals surface area contributed by atoms with Gasteiger partial charge >= 0.3 is 0 Å². The summed E-state index contributed by atoms with van der Waals surface area (Å²) in [6.07, 6.45) is 4.05. The van der Waals surface area contributed by atoms with Crippen LogP contribution in [0.3, 0.4) is 0 Å². The zero-order chi connectivity index (χ0) is 15.6. The molecule has 1 aliphatic heterocycles. The number of nitrogens with zero attached hydrogens (tertiary/aromatic N) is 2. The monoisotopic (exact) mass is 305 g/mol. The normalized spacial score (nSPS) is 13.2. The number of H-pyrrole nitrogens is 1. The van der Waals surface area contributed by atoms with Gasteiger partial charge in [-0.25, -0.2) is 9.37 Å². The molecule has 2 aromatic carbocycles. The zero-order valence-electron chi connectivity index (χ0n) is 12.5. The molecule has 0 aliphatic carbocycles. The van der Waals surface area contributed by atoms with Crippen LogP contribution in [0.4, 0.5) is 4.39 Å². The van der Waals surface area contributed by atoms with Crippen LogP contribution in [-0.2, 0) is 13.1 Å². The molecule has 3 aromatic rings. The van der Waals surface area contributed by atoms with Gasteiger partial charge in [-0.05, 0) is 23.8 Å². The van der Waals surface area contributed by atoms with Crippen molar-refractivity contribution in [3.63, 3.8) is 0 Å². The Hall–Kier alpha value is -2.88. The Morgan fingerprint density at radius 1 is 1.09 bits per heavy atom. The second kappa shape index (κ2) is 5.72. The fourth-order valence-corrected chi connectivity index (χ4v) is 2.82. The molecule has 4 rings (SSSR count). The van der Waals surface area contributed by atoms with E-state index in [1.807, 2.05) is 48.7 Å². The number of nitrogens with one attached hydrogen (secondary N) is 1. The first-order valence-electron chi connectivity index (χ1n) is 7.59. The molecule has 1 aromatic heterocycles. The van der Waals surface area contributed by atoms with Crippen molar-refractivity contribution in [1.82, 2.24) is 14.9 Å². The second-order valence-electron chi connectivity index (χ2n) is 5.66. The number of fused-ring (bicyclic) bond motifs is 1. The Morgan fingerprint density at radius 3 is 2.78 bits per heavy atom. The summed E-state index contributed by atoms with van der Waals surface area (Å²) in [5, 5.41) is 0. The van der Waals surface area contributed by atoms with Crippen molar-refractivity contribution >= 4 is 6.08 Å². The van der Waals surface area contributed by atoms with Crippen LogP contribution in [0.25, 0.3) is 17.5 Å². The molecule has 3 nitrogen and oxygen atoms in total. The Balaban J connectivity index is 1.54. The predicted octanol–water partition coefficient (Wildman–Crippen LogP) is 4.20. The van der Waals surface area contributed by atoms with Gasteiger partial charge in [0.05, 0.1) is 17.9 Å². The Morgan fingerprint density at radius 2 is 1.96 bits per heavy atom. The van der Waals surface area contributed by atoms with Crippen molar-refractivity contribution in [1.29, 1.82) is 0 Å². The lowest BCUT2D eigenvalue weighted by atomic mass is 10.1. The summed E-state index contributed by atoms with van der Waals surface area (Å²) in [7, 11) is 0. The molecule has 1 N–H and O–H groups in total. The minimum Gasteiger partial charge on any atom is -0.367 e. The molecule has 23 heavy (non-hydrogen) atoms. The lowest BCUT2D eigenvalue weighted by Crippen LogP contribution is -2.19. The molecule has 0 saturated carbocycles. The summed E-state index contributed by atoms with van der Waals surface area (Å²) in [4.78, 5) is 10.2. The number of halogens is 1. The first-order valence-corrected chi connectivity index (χ1v) is 7.59. The third kappa shape index (κ3) is 2.88. The van der Waals surface area contributed by atoms with Gasteiger partial charge in [-0.1, -0.05) is 42.5 Å². The summed E-state index contributed by atoms with van der Waals surface area (Å²) >= 11 is 0. The van der Waals surface area contributed by atoms with Crippen LogP contribution >= 0.6 is 0 Å². The number of hydrogen-bond donors (Lipinski definition) is 1. The predicted molar refractivity (Wildman–Crippen MR) is 88.7 cm³/mol. The summed E-state index contributed by atoms with van der Waals surface area (Å²) in [5.41, 5.74) is 4.09. The highest BCUT2D eigenvalue weighted by molar-refractivity contribution is 5.60. The summed E-state index contributed by atoms with van der Waals surface area (Å²) in [5.74, 6) is 0.683. The molecule has 4 heteroatoms. The first kappa shape index (κ1) is 13.8. The van der Waals surface area contributed by atoms with Crippen LogP contribution in [0.2, 0.25) is 0 Å². The van der Waals surface area contributed by atoms with Crippen LogP contribution in [0.15, 0.2) is 60.8 Å². The Labute approximate surface area is 134 Å². The smallest absolute Gasteiger partial charge is 0.138 e. The number of hydrogen-bond acceptors (Lipinski definition) is 2. The van der Waals surface area contributed by atoms with E-state index in [1.54, 1.807) is 12.1 Å². The Bertz CT molecular complexity index is 852. The number of benzene rings is 2. The van der Waals surface area contributed by atoms with E-state index in [0.717, 1.165) is 28.3 Å². The van der Waals surface area contributed by atoms with E-state index in [9.17, 15) is 4.39 Å². The van der Waals surface area contributed by atoms with E-state index >= 15 is 0 Å². The van der Waals surface area contributed by atoms with Crippen molar-refractivity contribution in [2.45, 2.75) is 13.1 Å². The molecule has 0 spiro atoms. The summed E-state index contributed by atoms with van der Waals surface area (Å²) in [6.45, 7) is 1.38. The minimum atomic E-state index is -0.199. The van der Waals surface area contributed by atoms with E-state index in [0.29, 0.717) is 13.1 Å². The molecule has 0 unspecified atom stereocenters. The third-order valence-electron chi connectivity index (χ3n) is 3.94. The molecule has 0 radical (unpaired) electrons. The quantitative estimate of drug-likeness (QED) is 0.786. The maximum absolute atomic E-state index is 13.3. The maximum Gasteiger partial charge on any atom is 0.138 e. The van der Waals surface area contributed by atoms with E-state index in [-0.39, 0.29) is 5.82 Å². The van der Waals surface area contributed by atoms with Gasteiger partial charge in [0.1, 0.15) is 11.6 Å². The number of aromatic amines is 1. The number of imidazole rings is 1. The fraction of sp³-hybridized carbons (Fsp3) is 0.105. The molecule has 0 bridgehead atoms. The molecule has 114 valence electrons. The van der Waals surface area contributed by atoms with Gasteiger partial charge in [0.2, 0.25) is 0 Å². The van der Waals surface area contributed by atoms with Gasteiger partial charge < -0.3 is 9.88 Å². The average molecular weight is 305 g/mol. The number of aromatic nitrogens is 2. The molecular formula is C19H16FN3. The molecular weight excluding hydrogens is 289 g/mol. The third-order valence-corrected chi connectivity index (χ3v) is 3.94. The molecule has 0 fully saturated rings. The minimum absolute atomic E-state index is 0.199. The van der Waals surface area contributed by atoms with Gasteiger partial charge in [-0.3, -0.25) is 0 Å². The van der Waals surface area contributed by atoms with E-state index in [1.165, 1.54) is 6.07 Å². The van der Waals surface area contributed by atoms with E-state index in [2.05, 4.69) is 9.88 Å². The van der Waals surface area contributed by atoms with Crippen LogP contribution in [-0.4, -0.2) is 14.9 Å². The van der Waals surface area contributed by atoms with Gasteiger partial charge in [0.25, 0.3) is 0 Å². The highest BCUT2D eigenvalue weighted by Gasteiger charge is 2.16. The Kier molecular flexibility index (Phi) is 3.42.